The molecule has 2 amide bonds. The van der Waals surface area contributed by atoms with E-state index in [4.69, 9.17) is 4.74 Å². The number of hydrogen-bond acceptors (Lipinski definition) is 4. The zero-order chi connectivity index (χ0) is 19.2. The maximum absolute atomic E-state index is 13.7. The summed E-state index contributed by atoms with van der Waals surface area (Å²) in [5, 5.41) is 6.46. The molecule has 1 saturated carbocycles. The molecule has 0 radical (unpaired) electrons. The third-order valence-electron chi connectivity index (χ3n) is 5.78. The van der Waals surface area contributed by atoms with E-state index in [1.54, 1.807) is 25.3 Å². The Hall–Kier alpha value is -1.99. The summed E-state index contributed by atoms with van der Waals surface area (Å²) in [6.45, 7) is 6.78. The number of carbonyl (C=O) groups is 1. The first-order valence-corrected chi connectivity index (χ1v) is 10.0. The molecule has 27 heavy (non-hydrogen) atoms. The lowest BCUT2D eigenvalue weighted by Gasteiger charge is -2.54. The molecule has 2 fully saturated rings. The molecular formula is C20H24FN3O2S. The minimum Gasteiger partial charge on any atom is -0.377 e. The normalized spacial score (nSPS) is 25.6. The number of amides is 2. The number of nitrogens with zero attached hydrogens (tertiary/aromatic N) is 1. The molecule has 0 unspecified atom stereocenters. The van der Waals surface area contributed by atoms with Gasteiger partial charge in [-0.1, -0.05) is 26.0 Å². The van der Waals surface area contributed by atoms with Crippen LogP contribution in [-0.4, -0.2) is 29.8 Å². The molecule has 0 bridgehead atoms. The van der Waals surface area contributed by atoms with E-state index in [9.17, 15) is 9.18 Å². The van der Waals surface area contributed by atoms with E-state index in [0.29, 0.717) is 23.0 Å². The van der Waals surface area contributed by atoms with Gasteiger partial charge in [-0.25, -0.2) is 14.2 Å². The van der Waals surface area contributed by atoms with Crippen LogP contribution in [-0.2, 0) is 11.2 Å². The summed E-state index contributed by atoms with van der Waals surface area (Å²) in [5.41, 5.74) is 1.47. The predicted molar refractivity (Wildman–Crippen MR) is 104 cm³/mol. The van der Waals surface area contributed by atoms with E-state index in [-0.39, 0.29) is 29.4 Å². The topological polar surface area (TPSA) is 63.2 Å². The zero-order valence-corrected chi connectivity index (χ0v) is 16.5. The number of benzene rings is 1. The number of hydrogen-bond donors (Lipinski definition) is 2. The van der Waals surface area contributed by atoms with Gasteiger partial charge in [-0.05, 0) is 30.5 Å². The van der Waals surface area contributed by atoms with Gasteiger partial charge in [0.15, 0.2) is 5.13 Å². The minimum absolute atomic E-state index is 0.0535. The third kappa shape index (κ3) is 3.46. The van der Waals surface area contributed by atoms with Crippen LogP contribution in [0.5, 0.6) is 0 Å². The lowest BCUT2D eigenvalue weighted by Crippen LogP contribution is -2.67. The Balaban J connectivity index is 1.35. The highest BCUT2D eigenvalue weighted by atomic mass is 32.1. The van der Waals surface area contributed by atoms with E-state index in [2.05, 4.69) is 29.5 Å². The van der Waals surface area contributed by atoms with Crippen LogP contribution < -0.4 is 10.6 Å². The largest absolute Gasteiger partial charge is 0.377 e. The molecular weight excluding hydrogens is 365 g/mol. The summed E-state index contributed by atoms with van der Waals surface area (Å²) in [5.74, 6) is 0.195. The third-order valence-corrected chi connectivity index (χ3v) is 6.69. The van der Waals surface area contributed by atoms with Crippen molar-refractivity contribution in [1.82, 2.24) is 10.3 Å². The number of carbonyl (C=O) groups excluding carboxylic acids is 1. The Morgan fingerprint density at radius 3 is 3.04 bits per heavy atom. The molecule has 1 aromatic carbocycles. The van der Waals surface area contributed by atoms with Gasteiger partial charge in [0, 0.05) is 41.5 Å². The van der Waals surface area contributed by atoms with Crippen molar-refractivity contribution in [3.8, 4) is 0 Å². The number of aromatic nitrogens is 1. The number of urea groups is 1. The van der Waals surface area contributed by atoms with Crippen LogP contribution in [0.15, 0.2) is 24.4 Å². The van der Waals surface area contributed by atoms with Gasteiger partial charge in [-0.15, -0.1) is 11.3 Å². The van der Waals surface area contributed by atoms with Crippen molar-refractivity contribution in [2.75, 3.05) is 11.9 Å². The fraction of sp³-hybridized carbons (Fsp3) is 0.500. The van der Waals surface area contributed by atoms with Crippen molar-refractivity contribution in [3.63, 3.8) is 0 Å². The molecule has 1 aliphatic carbocycles. The molecule has 2 aliphatic rings. The van der Waals surface area contributed by atoms with Crippen molar-refractivity contribution >= 4 is 22.5 Å². The van der Waals surface area contributed by atoms with Crippen LogP contribution in [0.4, 0.5) is 14.3 Å². The van der Waals surface area contributed by atoms with Gasteiger partial charge in [-0.2, -0.15) is 0 Å². The summed E-state index contributed by atoms with van der Waals surface area (Å²) >= 11 is 1.41. The van der Waals surface area contributed by atoms with E-state index < -0.39 is 0 Å². The van der Waals surface area contributed by atoms with Crippen LogP contribution >= 0.6 is 11.3 Å². The second kappa shape index (κ2) is 6.87. The average Bonchev–Trinajstić information content (AvgIpc) is 3.24. The first-order chi connectivity index (χ1) is 12.8. The number of anilines is 1. The standard InChI is InChI=1S/C20H24FN3O2S/c1-11-4-5-12(9-15(11)21)8-13-10-22-19(27-13)24-18(25)23-16-14-6-7-26-17(14)20(16,2)3/h4-5,9-10,14,16-17H,6-8H2,1-3H3,(H2,22,23,24,25)/t14-,16+,17-/m0/s1. The van der Waals surface area contributed by atoms with Gasteiger partial charge in [-0.3, -0.25) is 5.32 Å². The van der Waals surface area contributed by atoms with E-state index in [1.807, 2.05) is 6.07 Å². The minimum atomic E-state index is -0.235. The molecule has 7 heteroatoms. The van der Waals surface area contributed by atoms with Crippen LogP contribution in [0.1, 0.15) is 36.3 Å². The highest BCUT2D eigenvalue weighted by Crippen LogP contribution is 2.52. The van der Waals surface area contributed by atoms with Crippen LogP contribution in [0, 0.1) is 24.1 Å². The van der Waals surface area contributed by atoms with Gasteiger partial charge < -0.3 is 10.1 Å². The molecule has 2 aromatic rings. The zero-order valence-electron chi connectivity index (χ0n) is 15.7. The molecule has 1 aromatic heterocycles. The van der Waals surface area contributed by atoms with Crippen LogP contribution in [0.3, 0.4) is 0 Å². The highest BCUT2D eigenvalue weighted by Gasteiger charge is 2.59. The molecule has 4 rings (SSSR count). The predicted octanol–water partition coefficient (Wildman–Crippen LogP) is 4.12. The molecule has 2 heterocycles. The SMILES string of the molecule is Cc1ccc(Cc2cnc(NC(=O)N[C@@H]3[C@@H]4CCO[C@@H]4C3(C)C)s2)cc1F. The van der Waals surface area contributed by atoms with Gasteiger partial charge in [0.05, 0.1) is 6.10 Å². The number of aryl methyl sites for hydroxylation is 1. The maximum atomic E-state index is 13.7. The number of nitrogens with one attached hydrogen (secondary N) is 2. The first kappa shape index (κ1) is 18.4. The Morgan fingerprint density at radius 1 is 1.44 bits per heavy atom. The number of fused-ring (bicyclic) bond motifs is 1. The van der Waals surface area contributed by atoms with E-state index >= 15 is 0 Å². The monoisotopic (exact) mass is 389 g/mol. The van der Waals surface area contributed by atoms with Crippen molar-refractivity contribution in [3.05, 3.63) is 46.2 Å². The number of rotatable bonds is 4. The van der Waals surface area contributed by atoms with Crippen LogP contribution in [0.2, 0.25) is 0 Å². The number of thiazole rings is 1. The molecule has 2 N–H and O–H groups in total. The molecule has 5 nitrogen and oxygen atoms in total. The van der Waals surface area contributed by atoms with E-state index in [0.717, 1.165) is 23.5 Å². The summed E-state index contributed by atoms with van der Waals surface area (Å²) in [4.78, 5) is 17.6. The Morgan fingerprint density at radius 2 is 2.26 bits per heavy atom. The average molecular weight is 389 g/mol. The summed E-state index contributed by atoms with van der Waals surface area (Å²) in [7, 11) is 0. The van der Waals surface area contributed by atoms with Crippen molar-refractivity contribution in [1.29, 1.82) is 0 Å². The number of halogens is 1. The van der Waals surface area contributed by atoms with Crippen molar-refractivity contribution < 1.29 is 13.9 Å². The Kier molecular flexibility index (Phi) is 4.68. The second-order valence-electron chi connectivity index (χ2n) is 8.03. The molecule has 3 atom stereocenters. The lowest BCUT2D eigenvalue weighted by molar-refractivity contribution is -0.107. The van der Waals surface area contributed by atoms with Gasteiger partial charge in [0.1, 0.15) is 5.82 Å². The van der Waals surface area contributed by atoms with Crippen LogP contribution in [0.25, 0.3) is 0 Å². The second-order valence-corrected chi connectivity index (χ2v) is 9.15. The first-order valence-electron chi connectivity index (χ1n) is 9.23. The summed E-state index contributed by atoms with van der Waals surface area (Å²) in [6, 6.07) is 5.11. The lowest BCUT2D eigenvalue weighted by atomic mass is 9.57. The molecule has 144 valence electrons. The smallest absolute Gasteiger partial charge is 0.321 e. The molecule has 1 aliphatic heterocycles. The Labute approximate surface area is 162 Å². The summed E-state index contributed by atoms with van der Waals surface area (Å²) in [6.07, 6.45) is 3.55. The highest BCUT2D eigenvalue weighted by molar-refractivity contribution is 7.15. The summed E-state index contributed by atoms with van der Waals surface area (Å²) < 4.78 is 19.5. The number of ether oxygens (including phenoxy) is 1. The van der Waals surface area contributed by atoms with Crippen molar-refractivity contribution in [2.45, 2.75) is 45.8 Å². The quantitative estimate of drug-likeness (QED) is 0.827. The van der Waals surface area contributed by atoms with Gasteiger partial charge in [0.2, 0.25) is 0 Å². The Bertz CT molecular complexity index is 867. The van der Waals surface area contributed by atoms with Gasteiger partial charge in [0.25, 0.3) is 0 Å². The molecule has 1 saturated heterocycles. The van der Waals surface area contributed by atoms with E-state index in [1.165, 1.54) is 11.3 Å². The van der Waals surface area contributed by atoms with Crippen molar-refractivity contribution in [2.24, 2.45) is 11.3 Å². The van der Waals surface area contributed by atoms with Gasteiger partial charge >= 0.3 is 6.03 Å². The molecule has 0 spiro atoms. The maximum Gasteiger partial charge on any atom is 0.321 e. The fourth-order valence-electron chi connectivity index (χ4n) is 4.29. The fourth-order valence-corrected chi connectivity index (χ4v) is 5.13.